The molecule has 0 saturated carbocycles. The molecule has 0 spiro atoms. The van der Waals surface area contributed by atoms with Crippen molar-refractivity contribution in [1.82, 2.24) is 9.88 Å². The molecule has 0 aromatic carbocycles. The Morgan fingerprint density at radius 2 is 2.18 bits per heavy atom. The average Bonchev–Trinajstić information content (AvgIpc) is 2.21. The predicted octanol–water partition coefficient (Wildman–Crippen LogP) is 0.791. The van der Waals surface area contributed by atoms with Gasteiger partial charge in [-0.25, -0.2) is 0 Å². The Morgan fingerprint density at radius 3 is 2.71 bits per heavy atom. The van der Waals surface area contributed by atoms with Gasteiger partial charge < -0.3 is 10.8 Å². The number of pyridine rings is 1. The van der Waals surface area contributed by atoms with Crippen LogP contribution in [-0.2, 0) is 11.3 Å². The molecule has 17 heavy (non-hydrogen) atoms. The summed E-state index contributed by atoms with van der Waals surface area (Å²) in [5.41, 5.74) is 6.59. The summed E-state index contributed by atoms with van der Waals surface area (Å²) in [6.07, 6.45) is 0. The largest absolute Gasteiger partial charge is 0.506 e. The maximum atomic E-state index is 11.0. The molecular weight excluding hydrogens is 218 g/mol. The first-order valence-electron chi connectivity index (χ1n) is 5.58. The van der Waals surface area contributed by atoms with E-state index in [1.165, 1.54) is 0 Å². The minimum absolute atomic E-state index is 0.144. The SMILES string of the molecule is Cc1ccc(O)c(CN(CC(N)=O)C(C)C)n1. The van der Waals surface area contributed by atoms with Crippen LogP contribution in [0, 0.1) is 6.92 Å². The summed E-state index contributed by atoms with van der Waals surface area (Å²) in [6, 6.07) is 3.51. The molecule has 0 radical (unpaired) electrons. The Balaban J connectivity index is 2.85. The van der Waals surface area contributed by atoms with Crippen LogP contribution in [0.5, 0.6) is 5.75 Å². The van der Waals surface area contributed by atoms with Crippen LogP contribution >= 0.6 is 0 Å². The zero-order valence-corrected chi connectivity index (χ0v) is 10.5. The molecule has 0 bridgehead atoms. The number of carbonyl (C=O) groups is 1. The van der Waals surface area contributed by atoms with Crippen molar-refractivity contribution in [3.63, 3.8) is 0 Å². The molecule has 0 atom stereocenters. The number of amides is 1. The fraction of sp³-hybridized carbons (Fsp3) is 0.500. The molecule has 1 amide bonds. The van der Waals surface area contributed by atoms with E-state index in [1.807, 2.05) is 25.7 Å². The molecule has 0 aliphatic heterocycles. The number of aryl methyl sites for hydroxylation is 1. The van der Waals surface area contributed by atoms with Gasteiger partial charge in [0.25, 0.3) is 0 Å². The normalized spacial score (nSPS) is 11.1. The van der Waals surface area contributed by atoms with E-state index >= 15 is 0 Å². The third kappa shape index (κ3) is 4.03. The second kappa shape index (κ2) is 5.63. The lowest BCUT2D eigenvalue weighted by molar-refractivity contribution is -0.119. The summed E-state index contributed by atoms with van der Waals surface area (Å²) in [5.74, 6) is -0.239. The van der Waals surface area contributed by atoms with E-state index in [0.717, 1.165) is 5.69 Å². The van der Waals surface area contributed by atoms with Gasteiger partial charge in [-0.2, -0.15) is 0 Å². The Labute approximate surface area is 101 Å². The highest BCUT2D eigenvalue weighted by Crippen LogP contribution is 2.17. The maximum Gasteiger partial charge on any atom is 0.231 e. The number of nitrogens with zero attached hydrogens (tertiary/aromatic N) is 2. The van der Waals surface area contributed by atoms with Crippen molar-refractivity contribution >= 4 is 5.91 Å². The summed E-state index contributed by atoms with van der Waals surface area (Å²) in [4.78, 5) is 17.1. The first-order valence-corrected chi connectivity index (χ1v) is 5.58. The van der Waals surface area contributed by atoms with Crippen molar-refractivity contribution in [3.8, 4) is 5.75 Å². The van der Waals surface area contributed by atoms with Crippen LogP contribution in [0.3, 0.4) is 0 Å². The number of hydrogen-bond acceptors (Lipinski definition) is 4. The molecule has 1 aromatic rings. The predicted molar refractivity (Wildman–Crippen MR) is 65.4 cm³/mol. The maximum absolute atomic E-state index is 11.0. The molecule has 0 fully saturated rings. The number of primary amides is 1. The third-order valence-corrected chi connectivity index (χ3v) is 2.53. The van der Waals surface area contributed by atoms with E-state index < -0.39 is 0 Å². The van der Waals surface area contributed by atoms with Gasteiger partial charge in [-0.3, -0.25) is 14.7 Å². The average molecular weight is 237 g/mol. The van der Waals surface area contributed by atoms with Crippen molar-refractivity contribution in [1.29, 1.82) is 0 Å². The summed E-state index contributed by atoms with van der Waals surface area (Å²) >= 11 is 0. The van der Waals surface area contributed by atoms with E-state index in [9.17, 15) is 9.90 Å². The van der Waals surface area contributed by atoms with Gasteiger partial charge in [0.15, 0.2) is 0 Å². The lowest BCUT2D eigenvalue weighted by atomic mass is 10.2. The van der Waals surface area contributed by atoms with E-state index in [-0.39, 0.29) is 24.2 Å². The molecule has 0 aliphatic carbocycles. The van der Waals surface area contributed by atoms with Gasteiger partial charge in [0.05, 0.1) is 12.2 Å². The lowest BCUT2D eigenvalue weighted by Gasteiger charge is -2.24. The number of rotatable bonds is 5. The van der Waals surface area contributed by atoms with Gasteiger partial charge in [0.2, 0.25) is 5.91 Å². The van der Waals surface area contributed by atoms with Crippen LogP contribution < -0.4 is 5.73 Å². The van der Waals surface area contributed by atoms with Gasteiger partial charge in [0.1, 0.15) is 5.75 Å². The van der Waals surface area contributed by atoms with E-state index in [4.69, 9.17) is 5.73 Å². The molecule has 1 heterocycles. The fourth-order valence-electron chi connectivity index (χ4n) is 1.53. The van der Waals surface area contributed by atoms with Gasteiger partial charge in [-0.1, -0.05) is 0 Å². The van der Waals surface area contributed by atoms with Crippen LogP contribution in [-0.4, -0.2) is 33.5 Å². The van der Waals surface area contributed by atoms with Crippen LogP contribution in [0.2, 0.25) is 0 Å². The third-order valence-electron chi connectivity index (χ3n) is 2.53. The molecule has 0 unspecified atom stereocenters. The minimum atomic E-state index is -0.383. The summed E-state index contributed by atoms with van der Waals surface area (Å²) in [7, 11) is 0. The molecule has 5 nitrogen and oxygen atoms in total. The number of aromatic nitrogens is 1. The zero-order valence-electron chi connectivity index (χ0n) is 10.5. The van der Waals surface area contributed by atoms with Gasteiger partial charge in [0, 0.05) is 18.3 Å². The highest BCUT2D eigenvalue weighted by atomic mass is 16.3. The van der Waals surface area contributed by atoms with Crippen LogP contribution in [0.4, 0.5) is 0 Å². The van der Waals surface area contributed by atoms with E-state index in [0.29, 0.717) is 12.2 Å². The highest BCUT2D eigenvalue weighted by molar-refractivity contribution is 5.75. The number of aromatic hydroxyl groups is 1. The number of nitrogens with two attached hydrogens (primary N) is 1. The van der Waals surface area contributed by atoms with Gasteiger partial charge >= 0.3 is 0 Å². The highest BCUT2D eigenvalue weighted by Gasteiger charge is 2.15. The molecule has 0 saturated heterocycles. The summed E-state index contributed by atoms with van der Waals surface area (Å²) in [6.45, 7) is 6.36. The first-order chi connectivity index (χ1) is 7.90. The number of hydrogen-bond donors (Lipinski definition) is 2. The fourth-order valence-corrected chi connectivity index (χ4v) is 1.53. The monoisotopic (exact) mass is 237 g/mol. The standard InChI is InChI=1S/C12H19N3O2/c1-8(2)15(7-12(13)17)6-10-11(16)5-4-9(3)14-10/h4-5,8,16H,6-7H2,1-3H3,(H2,13,17). The topological polar surface area (TPSA) is 79.5 Å². The molecule has 0 aliphatic rings. The molecule has 1 rings (SSSR count). The quantitative estimate of drug-likeness (QED) is 0.793. The van der Waals surface area contributed by atoms with Crippen molar-refractivity contribution in [2.24, 2.45) is 5.73 Å². The minimum Gasteiger partial charge on any atom is -0.506 e. The molecule has 3 N–H and O–H groups in total. The summed E-state index contributed by atoms with van der Waals surface area (Å²) in [5, 5.41) is 9.69. The summed E-state index contributed by atoms with van der Waals surface area (Å²) < 4.78 is 0. The van der Waals surface area contributed by atoms with Crippen molar-refractivity contribution in [3.05, 3.63) is 23.5 Å². The van der Waals surface area contributed by atoms with Gasteiger partial charge in [-0.15, -0.1) is 0 Å². The van der Waals surface area contributed by atoms with Crippen molar-refractivity contribution in [2.75, 3.05) is 6.54 Å². The van der Waals surface area contributed by atoms with E-state index in [2.05, 4.69) is 4.98 Å². The van der Waals surface area contributed by atoms with Crippen LogP contribution in [0.1, 0.15) is 25.2 Å². The Kier molecular flexibility index (Phi) is 4.45. The van der Waals surface area contributed by atoms with E-state index in [1.54, 1.807) is 12.1 Å². The second-order valence-corrected chi connectivity index (χ2v) is 4.38. The molecule has 5 heteroatoms. The Hall–Kier alpha value is -1.62. The smallest absolute Gasteiger partial charge is 0.231 e. The van der Waals surface area contributed by atoms with Crippen LogP contribution in [0.15, 0.2) is 12.1 Å². The molecule has 94 valence electrons. The first kappa shape index (κ1) is 13.4. The molecule has 1 aromatic heterocycles. The van der Waals surface area contributed by atoms with Gasteiger partial charge in [-0.05, 0) is 32.9 Å². The van der Waals surface area contributed by atoms with Crippen molar-refractivity contribution < 1.29 is 9.90 Å². The Bertz CT molecular complexity index is 405. The van der Waals surface area contributed by atoms with Crippen LogP contribution in [0.25, 0.3) is 0 Å². The second-order valence-electron chi connectivity index (χ2n) is 4.38. The Morgan fingerprint density at radius 1 is 1.53 bits per heavy atom. The zero-order chi connectivity index (χ0) is 13.0. The van der Waals surface area contributed by atoms with Crippen molar-refractivity contribution in [2.45, 2.75) is 33.4 Å². The lowest BCUT2D eigenvalue weighted by Crippen LogP contribution is -2.38. The molecular formula is C12H19N3O2. The number of carbonyl (C=O) groups excluding carboxylic acids is 1.